The first kappa shape index (κ1) is 17.1. The number of rotatable bonds is 6. The summed E-state index contributed by atoms with van der Waals surface area (Å²) in [7, 11) is 0. The molecule has 7 nitrogen and oxygen atoms in total. The van der Waals surface area contributed by atoms with Gasteiger partial charge in [-0.2, -0.15) is 0 Å². The van der Waals surface area contributed by atoms with Gasteiger partial charge in [0.05, 0.1) is 16.9 Å². The van der Waals surface area contributed by atoms with Gasteiger partial charge in [-0.25, -0.2) is 4.68 Å². The smallest absolute Gasteiger partial charge is 0.230 e. The highest BCUT2D eigenvalue weighted by Gasteiger charge is 2.18. The van der Waals surface area contributed by atoms with Gasteiger partial charge in [0.25, 0.3) is 0 Å². The lowest BCUT2D eigenvalue weighted by atomic mass is 10.2. The second kappa shape index (κ2) is 7.87. The van der Waals surface area contributed by atoms with Gasteiger partial charge < -0.3 is 15.9 Å². The average Bonchev–Trinajstić information content (AvgIpc) is 3.22. The first-order valence-electron chi connectivity index (χ1n) is 7.61. The molecule has 0 saturated carbocycles. The van der Waals surface area contributed by atoms with Crippen molar-refractivity contribution >= 4 is 29.3 Å². The molecule has 0 spiro atoms. The molecule has 128 valence electrons. The highest BCUT2D eigenvalue weighted by Crippen LogP contribution is 2.27. The fraction of sp³-hybridized carbons (Fsp3) is 0.400. The van der Waals surface area contributed by atoms with E-state index in [1.807, 2.05) is 18.2 Å². The molecule has 9 heteroatoms. The van der Waals surface area contributed by atoms with Crippen molar-refractivity contribution < 1.29 is 9.53 Å². The Kier molecular flexibility index (Phi) is 5.60. The summed E-state index contributed by atoms with van der Waals surface area (Å²) in [4.78, 5) is 11.9. The van der Waals surface area contributed by atoms with Crippen LogP contribution in [0.2, 0.25) is 5.02 Å². The molecule has 24 heavy (non-hydrogen) atoms. The number of amides is 1. The number of nitrogen functional groups attached to an aromatic ring is 1. The number of nitrogens with one attached hydrogen (secondary N) is 1. The Balaban J connectivity index is 1.56. The van der Waals surface area contributed by atoms with Gasteiger partial charge in [-0.05, 0) is 25.0 Å². The highest BCUT2D eigenvalue weighted by atomic mass is 35.5. The number of nitrogens with zero attached hydrogens (tertiary/aromatic N) is 3. The number of nitrogens with two attached hydrogens (primary N) is 1. The molecule has 1 saturated heterocycles. The minimum atomic E-state index is -0.0854. The quantitative estimate of drug-likeness (QED) is 0.596. The normalized spacial score (nSPS) is 17.1. The second-order valence-electron chi connectivity index (χ2n) is 5.38. The zero-order valence-electron chi connectivity index (χ0n) is 12.9. The first-order valence-corrected chi connectivity index (χ1v) is 8.98. The topological polar surface area (TPSA) is 95.1 Å². The number of carbonyl (C=O) groups excluding carboxylic acids is 1. The first-order chi connectivity index (χ1) is 11.6. The number of aromatic nitrogens is 3. The van der Waals surface area contributed by atoms with Crippen molar-refractivity contribution in [1.82, 2.24) is 20.2 Å². The molecule has 1 fully saturated rings. The number of ether oxygens (including phenoxy) is 1. The van der Waals surface area contributed by atoms with E-state index in [1.165, 1.54) is 16.4 Å². The minimum Gasteiger partial charge on any atom is -0.376 e. The molecule has 2 aromatic rings. The molecule has 2 heterocycles. The second-order valence-corrected chi connectivity index (χ2v) is 6.73. The number of carbonyl (C=O) groups is 1. The van der Waals surface area contributed by atoms with Crippen molar-refractivity contribution in [2.45, 2.75) is 24.1 Å². The predicted molar refractivity (Wildman–Crippen MR) is 93.3 cm³/mol. The molecule has 1 atom stereocenters. The van der Waals surface area contributed by atoms with Crippen LogP contribution in [0.1, 0.15) is 12.8 Å². The molecule has 1 aromatic carbocycles. The summed E-state index contributed by atoms with van der Waals surface area (Å²) in [6.07, 6.45) is 2.17. The van der Waals surface area contributed by atoms with Gasteiger partial charge in [-0.15, -0.1) is 10.2 Å². The Morgan fingerprint density at radius 1 is 1.46 bits per heavy atom. The van der Waals surface area contributed by atoms with Gasteiger partial charge in [0.1, 0.15) is 0 Å². The molecule has 1 unspecified atom stereocenters. The molecule has 1 aliphatic rings. The van der Waals surface area contributed by atoms with Crippen molar-refractivity contribution in [2.75, 3.05) is 24.7 Å². The van der Waals surface area contributed by atoms with Gasteiger partial charge >= 0.3 is 0 Å². The summed E-state index contributed by atoms with van der Waals surface area (Å²) in [6, 6.07) is 7.26. The Morgan fingerprint density at radius 2 is 2.29 bits per heavy atom. The zero-order valence-corrected chi connectivity index (χ0v) is 14.5. The van der Waals surface area contributed by atoms with Crippen molar-refractivity contribution in [3.05, 3.63) is 29.3 Å². The summed E-state index contributed by atoms with van der Waals surface area (Å²) in [5, 5.41) is 12.0. The maximum Gasteiger partial charge on any atom is 0.230 e. The van der Waals surface area contributed by atoms with Gasteiger partial charge in [-0.3, -0.25) is 4.79 Å². The SMILES string of the molecule is Nn1c(SCC(=O)NCC2CCCO2)nnc1-c1ccccc1Cl. The highest BCUT2D eigenvalue weighted by molar-refractivity contribution is 7.99. The Bertz CT molecular complexity index is 718. The van der Waals surface area contributed by atoms with Crippen LogP contribution in [0.25, 0.3) is 11.4 Å². The fourth-order valence-corrected chi connectivity index (χ4v) is 3.32. The van der Waals surface area contributed by atoms with Crippen LogP contribution < -0.4 is 11.2 Å². The number of thioether (sulfide) groups is 1. The summed E-state index contributed by atoms with van der Waals surface area (Å²) in [5.74, 6) is 6.61. The Labute approximate surface area is 148 Å². The van der Waals surface area contributed by atoms with E-state index in [0.29, 0.717) is 28.1 Å². The molecule has 0 radical (unpaired) electrons. The van der Waals surface area contributed by atoms with E-state index >= 15 is 0 Å². The van der Waals surface area contributed by atoms with Crippen molar-refractivity contribution in [1.29, 1.82) is 0 Å². The lowest BCUT2D eigenvalue weighted by molar-refractivity contribution is -0.119. The Hall–Kier alpha value is -1.77. The minimum absolute atomic E-state index is 0.0854. The zero-order chi connectivity index (χ0) is 16.9. The van der Waals surface area contributed by atoms with Crippen LogP contribution >= 0.6 is 23.4 Å². The molecule has 3 rings (SSSR count). The maximum absolute atomic E-state index is 11.9. The number of hydrogen-bond acceptors (Lipinski definition) is 6. The lowest BCUT2D eigenvalue weighted by Crippen LogP contribution is -2.33. The molecule has 1 aliphatic heterocycles. The Morgan fingerprint density at radius 3 is 3.04 bits per heavy atom. The fourth-order valence-electron chi connectivity index (χ4n) is 2.42. The molecule has 0 bridgehead atoms. The van der Waals surface area contributed by atoms with Crippen LogP contribution in [0.3, 0.4) is 0 Å². The van der Waals surface area contributed by atoms with Gasteiger partial charge in [-0.1, -0.05) is 35.5 Å². The number of benzene rings is 1. The van der Waals surface area contributed by atoms with Crippen LogP contribution in [0.5, 0.6) is 0 Å². The summed E-state index contributed by atoms with van der Waals surface area (Å²) >= 11 is 7.38. The van der Waals surface area contributed by atoms with Crippen molar-refractivity contribution in [3.63, 3.8) is 0 Å². The van der Waals surface area contributed by atoms with Crippen LogP contribution in [0.15, 0.2) is 29.4 Å². The third kappa shape index (κ3) is 4.00. The predicted octanol–water partition coefficient (Wildman–Crippen LogP) is 1.70. The largest absolute Gasteiger partial charge is 0.376 e. The van der Waals surface area contributed by atoms with E-state index in [9.17, 15) is 4.79 Å². The molecular formula is C15H18ClN5O2S. The lowest BCUT2D eigenvalue weighted by Gasteiger charge is -2.10. The molecule has 0 aliphatic carbocycles. The van der Waals surface area contributed by atoms with E-state index in [0.717, 1.165) is 19.4 Å². The van der Waals surface area contributed by atoms with Crippen LogP contribution in [-0.4, -0.2) is 45.8 Å². The van der Waals surface area contributed by atoms with E-state index in [2.05, 4.69) is 15.5 Å². The molecule has 1 aromatic heterocycles. The number of halogens is 1. The van der Waals surface area contributed by atoms with E-state index in [1.54, 1.807) is 6.07 Å². The van der Waals surface area contributed by atoms with E-state index in [-0.39, 0.29) is 17.8 Å². The molecule has 3 N–H and O–H groups in total. The van der Waals surface area contributed by atoms with Crippen LogP contribution in [-0.2, 0) is 9.53 Å². The summed E-state index contributed by atoms with van der Waals surface area (Å²) in [5.41, 5.74) is 0.698. The van der Waals surface area contributed by atoms with Crippen LogP contribution in [0, 0.1) is 0 Å². The standard InChI is InChI=1S/C15H18ClN5O2S/c16-12-6-2-1-5-11(12)14-19-20-15(21(14)17)24-9-13(22)18-8-10-4-3-7-23-10/h1-2,5-6,10H,3-4,7-9,17H2,(H,18,22). The van der Waals surface area contributed by atoms with E-state index in [4.69, 9.17) is 22.2 Å². The average molecular weight is 368 g/mol. The van der Waals surface area contributed by atoms with Gasteiger partial charge in [0, 0.05) is 18.7 Å². The van der Waals surface area contributed by atoms with Crippen LogP contribution in [0.4, 0.5) is 0 Å². The monoisotopic (exact) mass is 367 g/mol. The third-order valence-electron chi connectivity index (χ3n) is 3.66. The van der Waals surface area contributed by atoms with Gasteiger partial charge in [0.15, 0.2) is 5.82 Å². The summed E-state index contributed by atoms with van der Waals surface area (Å²) < 4.78 is 6.81. The summed E-state index contributed by atoms with van der Waals surface area (Å²) in [6.45, 7) is 1.32. The van der Waals surface area contributed by atoms with Gasteiger partial charge in [0.2, 0.25) is 11.1 Å². The van der Waals surface area contributed by atoms with E-state index < -0.39 is 0 Å². The molecule has 1 amide bonds. The molecular weight excluding hydrogens is 350 g/mol. The number of hydrogen-bond donors (Lipinski definition) is 2. The maximum atomic E-state index is 11.9. The third-order valence-corrected chi connectivity index (χ3v) is 4.94. The van der Waals surface area contributed by atoms with Crippen molar-refractivity contribution in [3.8, 4) is 11.4 Å². The van der Waals surface area contributed by atoms with Crippen molar-refractivity contribution in [2.24, 2.45) is 0 Å².